The molecule has 2 N–H and O–H groups in total. The zero-order valence-electron chi connectivity index (χ0n) is 18.2. The van der Waals surface area contributed by atoms with Gasteiger partial charge in [-0.1, -0.05) is 42.5 Å². The van der Waals surface area contributed by atoms with Crippen molar-refractivity contribution in [1.29, 1.82) is 0 Å². The predicted molar refractivity (Wildman–Crippen MR) is 128 cm³/mol. The highest BCUT2D eigenvalue weighted by molar-refractivity contribution is 6.21. The summed E-state index contributed by atoms with van der Waals surface area (Å²) in [6, 6.07) is 22.6. The molecule has 2 heterocycles. The zero-order chi connectivity index (χ0) is 23.4. The van der Waals surface area contributed by atoms with Gasteiger partial charge in [0, 0.05) is 39.6 Å². The first kappa shape index (κ1) is 20.4. The second-order valence-electron chi connectivity index (χ2n) is 8.62. The lowest BCUT2D eigenvalue weighted by Gasteiger charge is -2.35. The molecule has 34 heavy (non-hydrogen) atoms. The number of anilines is 1. The van der Waals surface area contributed by atoms with E-state index in [4.69, 9.17) is 9.84 Å². The maximum absolute atomic E-state index is 13.6. The van der Waals surface area contributed by atoms with Crippen LogP contribution in [0.5, 0.6) is 11.5 Å². The smallest absolute Gasteiger partial charge is 0.303 e. The van der Waals surface area contributed by atoms with Gasteiger partial charge in [0.2, 0.25) is 0 Å². The number of hydrogen-bond donors (Lipinski definition) is 2. The van der Waals surface area contributed by atoms with Crippen molar-refractivity contribution in [2.75, 3.05) is 4.90 Å². The van der Waals surface area contributed by atoms with E-state index in [1.165, 1.54) is 4.90 Å². The molecule has 0 bridgehead atoms. The third-order valence-corrected chi connectivity index (χ3v) is 6.59. The summed E-state index contributed by atoms with van der Waals surface area (Å²) in [4.78, 5) is 25.7. The summed E-state index contributed by atoms with van der Waals surface area (Å²) in [5.74, 6) is 0.354. The molecule has 0 saturated heterocycles. The van der Waals surface area contributed by atoms with Crippen molar-refractivity contribution in [3.8, 4) is 22.6 Å². The van der Waals surface area contributed by atoms with Crippen molar-refractivity contribution < 1.29 is 24.5 Å². The Hall–Kier alpha value is -4.16. The molecule has 1 unspecified atom stereocenters. The number of aliphatic hydroxyl groups is 1. The van der Waals surface area contributed by atoms with E-state index in [-0.39, 0.29) is 12.3 Å². The van der Waals surface area contributed by atoms with Gasteiger partial charge in [-0.25, -0.2) is 0 Å². The number of hydrogen-bond acceptors (Lipinski definition) is 4. The number of ether oxygens (including phenoxy) is 1. The Labute approximate surface area is 195 Å². The van der Waals surface area contributed by atoms with Crippen LogP contribution in [0, 0.1) is 0 Å². The lowest BCUT2D eigenvalue weighted by molar-refractivity contribution is -0.137. The molecule has 0 spiro atoms. The maximum atomic E-state index is 13.6. The fourth-order valence-electron chi connectivity index (χ4n) is 5.00. The molecular weight excluding hydrogens is 430 g/mol. The first-order valence-electron chi connectivity index (χ1n) is 11.2. The minimum atomic E-state index is -1.14. The molecule has 4 aromatic carbocycles. The molecule has 2 aliphatic heterocycles. The van der Waals surface area contributed by atoms with Crippen LogP contribution in [0.15, 0.2) is 72.8 Å². The largest absolute Gasteiger partial charge is 0.481 e. The number of aliphatic hydroxyl groups excluding tert-OH is 1. The van der Waals surface area contributed by atoms with Crippen LogP contribution in [-0.2, 0) is 11.2 Å². The first-order chi connectivity index (χ1) is 16.5. The molecule has 0 radical (unpaired) electrons. The van der Waals surface area contributed by atoms with Gasteiger partial charge in [0.05, 0.1) is 0 Å². The van der Waals surface area contributed by atoms with Crippen molar-refractivity contribution >= 4 is 28.3 Å². The SMILES string of the molecule is O=C(O)CCCc1ccc(N2C(=O)c3ccc4c5c(ccc(c35)C2O)-c2ccccc2O4)cc1. The molecule has 0 fully saturated rings. The van der Waals surface area contributed by atoms with E-state index in [1.807, 2.05) is 54.6 Å². The van der Waals surface area contributed by atoms with Crippen LogP contribution in [0.2, 0.25) is 0 Å². The standard InChI is InChI=1S/C28H21NO5/c30-24(31)7-3-4-16-8-10-17(11-9-16)29-27(32)20-13-12-19-18-5-1-2-6-22(18)34-23-15-14-21(28(29)33)25(20)26(19)23/h1-2,5-6,8-15,27,32H,3-4,7H2,(H,30,31). The van der Waals surface area contributed by atoms with Gasteiger partial charge in [0.1, 0.15) is 11.5 Å². The summed E-state index contributed by atoms with van der Waals surface area (Å²) in [5, 5.41) is 21.7. The number of nitrogens with zero attached hydrogens (tertiary/aromatic N) is 1. The number of carbonyl (C=O) groups excluding carboxylic acids is 1. The van der Waals surface area contributed by atoms with E-state index in [2.05, 4.69) is 0 Å². The predicted octanol–water partition coefficient (Wildman–Crippen LogP) is 5.67. The number of rotatable bonds is 5. The fourth-order valence-corrected chi connectivity index (χ4v) is 5.00. The number of fused-ring (bicyclic) bond motifs is 2. The van der Waals surface area contributed by atoms with Gasteiger partial charge >= 0.3 is 5.97 Å². The Kier molecular flexibility index (Phi) is 4.64. The van der Waals surface area contributed by atoms with Gasteiger partial charge in [0.15, 0.2) is 6.23 Å². The van der Waals surface area contributed by atoms with Gasteiger partial charge in [-0.2, -0.15) is 0 Å². The molecule has 6 heteroatoms. The molecule has 6 nitrogen and oxygen atoms in total. The lowest BCUT2D eigenvalue weighted by Crippen LogP contribution is -2.38. The first-order valence-corrected chi connectivity index (χ1v) is 11.2. The maximum Gasteiger partial charge on any atom is 0.303 e. The number of carboxylic acid groups (broad SMARTS) is 1. The average molecular weight is 451 g/mol. The summed E-state index contributed by atoms with van der Waals surface area (Å²) in [7, 11) is 0. The van der Waals surface area contributed by atoms with E-state index in [0.717, 1.165) is 33.2 Å². The third-order valence-electron chi connectivity index (χ3n) is 6.59. The number of benzene rings is 4. The Bertz CT molecular complexity index is 1470. The summed E-state index contributed by atoms with van der Waals surface area (Å²) in [5.41, 5.74) is 4.69. The van der Waals surface area contributed by atoms with Crippen LogP contribution in [0.3, 0.4) is 0 Å². The van der Waals surface area contributed by atoms with Crippen molar-refractivity contribution in [3.05, 3.63) is 89.5 Å². The van der Waals surface area contributed by atoms with E-state index in [1.54, 1.807) is 18.2 Å². The minimum Gasteiger partial charge on any atom is -0.481 e. The normalized spacial score (nSPS) is 15.7. The van der Waals surface area contributed by atoms with Crippen LogP contribution in [0.1, 0.15) is 40.6 Å². The topological polar surface area (TPSA) is 87.1 Å². The second-order valence-corrected chi connectivity index (χ2v) is 8.62. The molecule has 0 aromatic heterocycles. The lowest BCUT2D eigenvalue weighted by atomic mass is 9.86. The molecule has 6 rings (SSSR count). The fraction of sp³-hybridized carbons (Fsp3) is 0.143. The number of para-hydroxylation sites is 1. The monoisotopic (exact) mass is 451 g/mol. The highest BCUT2D eigenvalue weighted by Gasteiger charge is 2.36. The number of carbonyl (C=O) groups is 2. The van der Waals surface area contributed by atoms with Gasteiger partial charge < -0.3 is 14.9 Å². The molecule has 2 aliphatic rings. The zero-order valence-corrected chi connectivity index (χ0v) is 18.2. The van der Waals surface area contributed by atoms with Crippen molar-refractivity contribution in [2.24, 2.45) is 0 Å². The molecule has 0 saturated carbocycles. The summed E-state index contributed by atoms with van der Waals surface area (Å²) >= 11 is 0. The van der Waals surface area contributed by atoms with Crippen LogP contribution < -0.4 is 9.64 Å². The summed E-state index contributed by atoms with van der Waals surface area (Å²) in [6.07, 6.45) is 0.160. The van der Waals surface area contributed by atoms with Crippen LogP contribution in [0.4, 0.5) is 5.69 Å². The highest BCUT2D eigenvalue weighted by atomic mass is 16.5. The van der Waals surface area contributed by atoms with E-state index >= 15 is 0 Å². The summed E-state index contributed by atoms with van der Waals surface area (Å²) in [6.45, 7) is 0. The number of amides is 1. The number of aliphatic carboxylic acids is 1. The molecule has 168 valence electrons. The second kappa shape index (κ2) is 7.71. The summed E-state index contributed by atoms with van der Waals surface area (Å²) < 4.78 is 6.13. The quantitative estimate of drug-likeness (QED) is 0.359. The van der Waals surface area contributed by atoms with Gasteiger partial charge in [0.25, 0.3) is 5.91 Å². The average Bonchev–Trinajstić information content (AvgIpc) is 2.84. The molecule has 0 aliphatic carbocycles. The number of aryl methyl sites for hydroxylation is 1. The van der Waals surface area contributed by atoms with E-state index in [0.29, 0.717) is 35.4 Å². The Balaban J connectivity index is 1.40. The highest BCUT2D eigenvalue weighted by Crippen LogP contribution is 2.50. The van der Waals surface area contributed by atoms with Gasteiger partial charge in [-0.3, -0.25) is 14.5 Å². The van der Waals surface area contributed by atoms with Crippen molar-refractivity contribution in [2.45, 2.75) is 25.5 Å². The Morgan fingerprint density at radius 1 is 0.853 bits per heavy atom. The van der Waals surface area contributed by atoms with E-state index in [9.17, 15) is 14.7 Å². The molecule has 4 aromatic rings. The molecular formula is C28H21NO5. The molecule has 1 amide bonds. The van der Waals surface area contributed by atoms with Crippen molar-refractivity contribution in [1.82, 2.24) is 0 Å². The molecule has 1 atom stereocenters. The van der Waals surface area contributed by atoms with Crippen LogP contribution in [0.25, 0.3) is 21.9 Å². The van der Waals surface area contributed by atoms with Crippen LogP contribution >= 0.6 is 0 Å². The van der Waals surface area contributed by atoms with Crippen molar-refractivity contribution in [3.63, 3.8) is 0 Å². The van der Waals surface area contributed by atoms with E-state index < -0.39 is 12.2 Å². The minimum absolute atomic E-state index is 0.115. The van der Waals surface area contributed by atoms with Gasteiger partial charge in [-0.15, -0.1) is 0 Å². The van der Waals surface area contributed by atoms with Crippen LogP contribution in [-0.4, -0.2) is 22.1 Å². The Morgan fingerprint density at radius 2 is 1.62 bits per heavy atom. The Morgan fingerprint density at radius 3 is 2.41 bits per heavy atom. The third kappa shape index (κ3) is 3.07. The van der Waals surface area contributed by atoms with Gasteiger partial charge in [-0.05, 0) is 54.3 Å². The number of carboxylic acids is 1.